The largest absolute Gasteiger partial charge is 0.300 e. The second kappa shape index (κ2) is 4.00. The molecule has 52 valence electrons. The average molecular weight is 130 g/mol. The molecule has 0 fully saturated rings. The maximum atomic E-state index is 10.3. The van der Waals surface area contributed by atoms with Crippen LogP contribution in [0.3, 0.4) is 0 Å². The highest BCUT2D eigenvalue weighted by Gasteiger charge is 1.96. The second-order valence-corrected chi connectivity index (χ2v) is 1.91. The fraction of sp³-hybridized carbons (Fsp3) is 0.800. The first-order valence-corrected chi connectivity index (χ1v) is 2.70. The predicted octanol–water partition coefficient (Wildman–Crippen LogP) is 0.579. The maximum Gasteiger partial charge on any atom is 0.131 e. The summed E-state index contributed by atoms with van der Waals surface area (Å²) in [6, 6.07) is 0. The molecular formula is C5H10N2O2. The first-order valence-electron chi connectivity index (χ1n) is 2.70. The van der Waals surface area contributed by atoms with E-state index in [0.717, 1.165) is 0 Å². The minimum atomic E-state index is 0.0745. The third-order valence-electron chi connectivity index (χ3n) is 0.927. The Morgan fingerprint density at radius 3 is 2.56 bits per heavy atom. The van der Waals surface area contributed by atoms with Gasteiger partial charge >= 0.3 is 0 Å². The molecule has 0 atom stereocenters. The van der Waals surface area contributed by atoms with Gasteiger partial charge in [-0.05, 0) is 6.92 Å². The monoisotopic (exact) mass is 130 g/mol. The average Bonchev–Trinajstić information content (AvgIpc) is 1.83. The lowest BCUT2D eigenvalue weighted by molar-refractivity contribution is -0.117. The molecule has 0 rings (SSSR count). The van der Waals surface area contributed by atoms with E-state index in [1.54, 1.807) is 0 Å². The number of rotatable bonds is 4. The van der Waals surface area contributed by atoms with Crippen molar-refractivity contribution in [3.8, 4) is 0 Å². The Balaban J connectivity index is 3.26. The van der Waals surface area contributed by atoms with E-state index in [1.807, 2.05) is 0 Å². The number of ketones is 1. The van der Waals surface area contributed by atoms with Crippen molar-refractivity contribution in [2.45, 2.75) is 13.3 Å². The predicted molar refractivity (Wildman–Crippen MR) is 33.7 cm³/mol. The molecule has 0 N–H and O–H groups in total. The highest BCUT2D eigenvalue weighted by molar-refractivity contribution is 5.75. The molecule has 0 bridgehead atoms. The summed E-state index contributed by atoms with van der Waals surface area (Å²) in [4.78, 5) is 20.0. The molecule has 0 spiro atoms. The summed E-state index contributed by atoms with van der Waals surface area (Å²) in [5.74, 6) is 0.0745. The van der Waals surface area contributed by atoms with Crippen LogP contribution in [0.15, 0.2) is 5.29 Å². The third kappa shape index (κ3) is 4.93. The van der Waals surface area contributed by atoms with Crippen molar-refractivity contribution in [3.05, 3.63) is 4.91 Å². The number of carbonyl (C=O) groups is 1. The number of nitrogens with zero attached hydrogens (tertiary/aromatic N) is 2. The van der Waals surface area contributed by atoms with Crippen LogP contribution in [0.2, 0.25) is 0 Å². The van der Waals surface area contributed by atoms with Crippen LogP contribution in [0.4, 0.5) is 0 Å². The van der Waals surface area contributed by atoms with Crippen LogP contribution >= 0.6 is 0 Å². The minimum absolute atomic E-state index is 0.0745. The number of hydrogen-bond acceptors (Lipinski definition) is 3. The molecule has 0 aliphatic heterocycles. The van der Waals surface area contributed by atoms with Gasteiger partial charge in [0.15, 0.2) is 0 Å². The van der Waals surface area contributed by atoms with E-state index in [9.17, 15) is 9.70 Å². The van der Waals surface area contributed by atoms with Crippen LogP contribution in [0.5, 0.6) is 0 Å². The summed E-state index contributed by atoms with van der Waals surface area (Å²) >= 11 is 0. The topological polar surface area (TPSA) is 49.7 Å². The highest BCUT2D eigenvalue weighted by Crippen LogP contribution is 1.87. The van der Waals surface area contributed by atoms with E-state index in [-0.39, 0.29) is 5.78 Å². The van der Waals surface area contributed by atoms with Gasteiger partial charge in [-0.2, -0.15) is 0 Å². The van der Waals surface area contributed by atoms with Crippen LogP contribution < -0.4 is 0 Å². The molecule has 0 unspecified atom stereocenters. The van der Waals surface area contributed by atoms with Crippen LogP contribution in [0.1, 0.15) is 13.3 Å². The van der Waals surface area contributed by atoms with Crippen molar-refractivity contribution in [2.24, 2.45) is 5.29 Å². The second-order valence-electron chi connectivity index (χ2n) is 1.91. The molecule has 0 saturated heterocycles. The zero-order valence-electron chi connectivity index (χ0n) is 5.63. The molecule has 0 radical (unpaired) electrons. The fourth-order valence-corrected chi connectivity index (χ4v) is 0.360. The zero-order chi connectivity index (χ0) is 7.28. The molecule has 4 heteroatoms. The maximum absolute atomic E-state index is 10.3. The van der Waals surface area contributed by atoms with Gasteiger partial charge in [-0.25, -0.2) is 0 Å². The normalized spacial score (nSPS) is 8.67. The van der Waals surface area contributed by atoms with E-state index in [0.29, 0.717) is 13.0 Å². The van der Waals surface area contributed by atoms with Gasteiger partial charge in [0, 0.05) is 20.0 Å². The van der Waals surface area contributed by atoms with Gasteiger partial charge in [0.2, 0.25) is 0 Å². The minimum Gasteiger partial charge on any atom is -0.300 e. The Kier molecular flexibility index (Phi) is 3.59. The third-order valence-corrected chi connectivity index (χ3v) is 0.927. The zero-order valence-corrected chi connectivity index (χ0v) is 5.63. The van der Waals surface area contributed by atoms with Crippen molar-refractivity contribution in [2.75, 3.05) is 13.6 Å². The summed E-state index contributed by atoms with van der Waals surface area (Å²) in [5, 5.41) is 3.79. The lowest BCUT2D eigenvalue weighted by Gasteiger charge is -2.04. The lowest BCUT2D eigenvalue weighted by atomic mass is 10.3. The molecule has 0 amide bonds. The Morgan fingerprint density at radius 2 is 2.22 bits per heavy atom. The van der Waals surface area contributed by atoms with E-state index in [1.165, 1.54) is 19.0 Å². The van der Waals surface area contributed by atoms with Crippen molar-refractivity contribution >= 4 is 5.78 Å². The van der Waals surface area contributed by atoms with Crippen LogP contribution in [0, 0.1) is 4.91 Å². The van der Waals surface area contributed by atoms with Gasteiger partial charge in [-0.1, -0.05) is 0 Å². The van der Waals surface area contributed by atoms with Crippen molar-refractivity contribution < 1.29 is 4.79 Å². The molecular weight excluding hydrogens is 120 g/mol. The number of carbonyl (C=O) groups excluding carboxylic acids is 1. The molecule has 0 aromatic carbocycles. The number of Topliss-reactive ketones (excluding diaryl/α,β-unsaturated/α-hetero) is 1. The van der Waals surface area contributed by atoms with E-state index in [4.69, 9.17) is 0 Å². The van der Waals surface area contributed by atoms with Crippen LogP contribution in [-0.4, -0.2) is 24.4 Å². The summed E-state index contributed by atoms with van der Waals surface area (Å²) < 4.78 is 0. The Hall–Kier alpha value is -0.930. The fourth-order valence-electron chi connectivity index (χ4n) is 0.360. The Labute approximate surface area is 53.8 Å². The smallest absolute Gasteiger partial charge is 0.131 e. The van der Waals surface area contributed by atoms with Crippen molar-refractivity contribution in [3.63, 3.8) is 0 Å². The number of hydrogen-bond donors (Lipinski definition) is 0. The summed E-state index contributed by atoms with van der Waals surface area (Å²) in [6.07, 6.45) is 0.391. The standard InChI is InChI=1S/C5H10N2O2/c1-5(8)3-4-7(2)6-9/h3-4H2,1-2H3. The SMILES string of the molecule is CC(=O)CCN(C)N=O. The van der Waals surface area contributed by atoms with E-state index >= 15 is 0 Å². The lowest BCUT2D eigenvalue weighted by Crippen LogP contribution is -2.13. The first kappa shape index (κ1) is 8.07. The summed E-state index contributed by atoms with van der Waals surface area (Å²) in [5.41, 5.74) is 0. The van der Waals surface area contributed by atoms with Gasteiger partial charge in [-0.15, -0.1) is 4.91 Å². The van der Waals surface area contributed by atoms with E-state index in [2.05, 4.69) is 5.29 Å². The van der Waals surface area contributed by atoms with Gasteiger partial charge in [0.1, 0.15) is 5.78 Å². The van der Waals surface area contributed by atoms with E-state index < -0.39 is 0 Å². The van der Waals surface area contributed by atoms with Crippen LogP contribution in [-0.2, 0) is 4.79 Å². The molecule has 0 aromatic rings. The van der Waals surface area contributed by atoms with Gasteiger partial charge < -0.3 is 0 Å². The Morgan fingerprint density at radius 1 is 1.67 bits per heavy atom. The Bertz CT molecular complexity index is 114. The molecule has 9 heavy (non-hydrogen) atoms. The van der Waals surface area contributed by atoms with Gasteiger partial charge in [-0.3, -0.25) is 9.80 Å². The molecule has 0 aliphatic rings. The quantitative estimate of drug-likeness (QED) is 0.413. The first-order chi connectivity index (χ1) is 4.16. The summed E-state index contributed by atoms with van der Waals surface area (Å²) in [7, 11) is 1.54. The van der Waals surface area contributed by atoms with Crippen molar-refractivity contribution in [1.29, 1.82) is 0 Å². The van der Waals surface area contributed by atoms with Gasteiger partial charge in [0.25, 0.3) is 0 Å². The number of nitroso groups, excluding NO2 is 1. The summed E-state index contributed by atoms with van der Waals surface area (Å²) in [6.45, 7) is 1.90. The highest BCUT2D eigenvalue weighted by atomic mass is 16.3. The molecule has 4 nitrogen and oxygen atoms in total. The molecule has 0 aromatic heterocycles. The van der Waals surface area contributed by atoms with Crippen LogP contribution in [0.25, 0.3) is 0 Å². The molecule has 0 saturated carbocycles. The van der Waals surface area contributed by atoms with Gasteiger partial charge in [0.05, 0.1) is 5.29 Å². The molecule has 0 heterocycles. The molecule has 0 aliphatic carbocycles. The van der Waals surface area contributed by atoms with Crippen molar-refractivity contribution in [1.82, 2.24) is 5.01 Å².